The van der Waals surface area contributed by atoms with Crippen molar-refractivity contribution in [3.63, 3.8) is 0 Å². The van der Waals surface area contributed by atoms with Crippen LogP contribution in [0.2, 0.25) is 0 Å². The number of carbonyl (C=O) groups excluding carboxylic acids is 1. The van der Waals surface area contributed by atoms with E-state index in [0.717, 1.165) is 18.6 Å². The molecule has 0 spiro atoms. The van der Waals surface area contributed by atoms with Crippen molar-refractivity contribution in [2.45, 2.75) is 45.3 Å². The number of rotatable bonds is 5. The number of amides is 1. The Morgan fingerprint density at radius 3 is 2.76 bits per heavy atom. The molecule has 1 atom stereocenters. The van der Waals surface area contributed by atoms with Crippen molar-refractivity contribution in [3.8, 4) is 0 Å². The molecule has 94 valence electrons. The molecular formula is C13H20N2O2. The van der Waals surface area contributed by atoms with Crippen molar-refractivity contribution in [1.82, 2.24) is 4.90 Å². The number of carbonyl (C=O) groups is 1. The Morgan fingerprint density at radius 1 is 1.59 bits per heavy atom. The van der Waals surface area contributed by atoms with E-state index in [1.165, 1.54) is 0 Å². The highest BCUT2D eigenvalue weighted by Crippen LogP contribution is 2.29. The molecule has 0 radical (unpaired) electrons. The van der Waals surface area contributed by atoms with Crippen LogP contribution in [0.3, 0.4) is 0 Å². The van der Waals surface area contributed by atoms with E-state index in [0.29, 0.717) is 12.6 Å². The standard InChI is InChI=1S/C13H20N2O2/c1-9(2)12(14)13(16)15(10-5-6-10)8-11-4-3-7-17-11/h3-4,7,9-10,12H,5-6,8,14H2,1-2H3/t12-/m1/s1. The lowest BCUT2D eigenvalue weighted by Gasteiger charge is -2.26. The molecule has 2 rings (SSSR count). The summed E-state index contributed by atoms with van der Waals surface area (Å²) in [5.41, 5.74) is 5.93. The second-order valence-electron chi connectivity index (χ2n) is 5.05. The summed E-state index contributed by atoms with van der Waals surface area (Å²) in [7, 11) is 0. The Kier molecular flexibility index (Phi) is 3.52. The number of hydrogen-bond acceptors (Lipinski definition) is 3. The van der Waals surface area contributed by atoms with Gasteiger partial charge in [-0.05, 0) is 30.9 Å². The van der Waals surface area contributed by atoms with E-state index >= 15 is 0 Å². The van der Waals surface area contributed by atoms with Crippen LogP contribution in [0, 0.1) is 5.92 Å². The van der Waals surface area contributed by atoms with Gasteiger partial charge in [0.1, 0.15) is 5.76 Å². The van der Waals surface area contributed by atoms with Gasteiger partial charge in [-0.25, -0.2) is 0 Å². The van der Waals surface area contributed by atoms with Crippen LogP contribution >= 0.6 is 0 Å². The van der Waals surface area contributed by atoms with Crippen LogP contribution in [0.1, 0.15) is 32.4 Å². The van der Waals surface area contributed by atoms with E-state index in [1.54, 1.807) is 6.26 Å². The Balaban J connectivity index is 2.04. The summed E-state index contributed by atoms with van der Waals surface area (Å²) in [6.07, 6.45) is 3.79. The van der Waals surface area contributed by atoms with E-state index in [9.17, 15) is 4.79 Å². The molecule has 1 saturated carbocycles. The lowest BCUT2D eigenvalue weighted by Crippen LogP contribution is -2.47. The van der Waals surface area contributed by atoms with Gasteiger partial charge in [0.2, 0.25) is 5.91 Å². The van der Waals surface area contributed by atoms with Crippen molar-refractivity contribution in [3.05, 3.63) is 24.2 Å². The third kappa shape index (κ3) is 2.88. The molecule has 1 aromatic rings. The van der Waals surface area contributed by atoms with Crippen molar-refractivity contribution in [2.75, 3.05) is 0 Å². The molecule has 0 unspecified atom stereocenters. The molecular weight excluding hydrogens is 216 g/mol. The van der Waals surface area contributed by atoms with Crippen molar-refractivity contribution >= 4 is 5.91 Å². The smallest absolute Gasteiger partial charge is 0.240 e. The summed E-state index contributed by atoms with van der Waals surface area (Å²) in [6.45, 7) is 4.48. The molecule has 1 aliphatic carbocycles. The highest BCUT2D eigenvalue weighted by Gasteiger charge is 2.35. The molecule has 2 N–H and O–H groups in total. The fourth-order valence-corrected chi connectivity index (χ4v) is 1.82. The molecule has 0 aliphatic heterocycles. The van der Waals surface area contributed by atoms with E-state index in [1.807, 2.05) is 30.9 Å². The minimum atomic E-state index is -0.412. The second kappa shape index (κ2) is 4.92. The second-order valence-corrected chi connectivity index (χ2v) is 5.05. The van der Waals surface area contributed by atoms with E-state index in [4.69, 9.17) is 10.2 Å². The van der Waals surface area contributed by atoms with Crippen LogP contribution < -0.4 is 5.73 Å². The first kappa shape index (κ1) is 12.2. The molecule has 1 aliphatic rings. The Hall–Kier alpha value is -1.29. The SMILES string of the molecule is CC(C)[C@@H](N)C(=O)N(Cc1ccco1)C1CC1. The highest BCUT2D eigenvalue weighted by atomic mass is 16.3. The number of nitrogens with zero attached hydrogens (tertiary/aromatic N) is 1. The normalized spacial score (nSPS) is 17.2. The van der Waals surface area contributed by atoms with Gasteiger partial charge in [0, 0.05) is 6.04 Å². The number of hydrogen-bond donors (Lipinski definition) is 1. The van der Waals surface area contributed by atoms with E-state index in [2.05, 4.69) is 0 Å². The molecule has 0 saturated heterocycles. The first-order valence-electron chi connectivity index (χ1n) is 6.18. The van der Waals surface area contributed by atoms with Gasteiger partial charge in [0.15, 0.2) is 0 Å². The molecule has 1 aromatic heterocycles. The Bertz CT molecular complexity index is 369. The summed E-state index contributed by atoms with van der Waals surface area (Å²) in [5, 5.41) is 0. The summed E-state index contributed by atoms with van der Waals surface area (Å²) in [4.78, 5) is 14.1. The third-order valence-electron chi connectivity index (χ3n) is 3.18. The van der Waals surface area contributed by atoms with Crippen LogP contribution in [-0.4, -0.2) is 22.9 Å². The lowest BCUT2D eigenvalue weighted by atomic mass is 10.0. The summed E-state index contributed by atoms with van der Waals surface area (Å²) in [5.74, 6) is 1.03. The zero-order valence-corrected chi connectivity index (χ0v) is 10.4. The van der Waals surface area contributed by atoms with Crippen LogP contribution in [0.5, 0.6) is 0 Å². The molecule has 4 heteroatoms. The van der Waals surface area contributed by atoms with E-state index in [-0.39, 0.29) is 11.8 Å². The molecule has 0 aromatic carbocycles. The predicted molar refractivity (Wildman–Crippen MR) is 65.1 cm³/mol. The topological polar surface area (TPSA) is 59.5 Å². The third-order valence-corrected chi connectivity index (χ3v) is 3.18. The van der Waals surface area contributed by atoms with Crippen LogP contribution in [0.15, 0.2) is 22.8 Å². The molecule has 4 nitrogen and oxygen atoms in total. The van der Waals surface area contributed by atoms with Crippen LogP contribution in [-0.2, 0) is 11.3 Å². The molecule has 1 heterocycles. The van der Waals surface area contributed by atoms with Gasteiger partial charge in [-0.2, -0.15) is 0 Å². The molecule has 1 amide bonds. The minimum absolute atomic E-state index is 0.0406. The van der Waals surface area contributed by atoms with Gasteiger partial charge < -0.3 is 15.1 Å². The minimum Gasteiger partial charge on any atom is -0.467 e. The molecule has 1 fully saturated rings. The van der Waals surface area contributed by atoms with Crippen molar-refractivity contribution < 1.29 is 9.21 Å². The first-order chi connectivity index (χ1) is 8.09. The quantitative estimate of drug-likeness (QED) is 0.847. The number of furan rings is 1. The van der Waals surface area contributed by atoms with Crippen LogP contribution in [0.25, 0.3) is 0 Å². The molecule has 17 heavy (non-hydrogen) atoms. The lowest BCUT2D eigenvalue weighted by molar-refractivity contribution is -0.135. The highest BCUT2D eigenvalue weighted by molar-refractivity contribution is 5.82. The summed E-state index contributed by atoms with van der Waals surface area (Å²) >= 11 is 0. The fourth-order valence-electron chi connectivity index (χ4n) is 1.82. The fraction of sp³-hybridized carbons (Fsp3) is 0.615. The Morgan fingerprint density at radius 2 is 2.29 bits per heavy atom. The molecule has 0 bridgehead atoms. The average Bonchev–Trinajstić information content (AvgIpc) is 3.01. The first-order valence-corrected chi connectivity index (χ1v) is 6.18. The Labute approximate surface area is 102 Å². The van der Waals surface area contributed by atoms with E-state index < -0.39 is 6.04 Å². The predicted octanol–water partition coefficient (Wildman–Crippen LogP) is 1.75. The maximum Gasteiger partial charge on any atom is 0.240 e. The maximum atomic E-state index is 12.3. The zero-order chi connectivity index (χ0) is 12.4. The van der Waals surface area contributed by atoms with Crippen molar-refractivity contribution in [2.24, 2.45) is 11.7 Å². The monoisotopic (exact) mass is 236 g/mol. The van der Waals surface area contributed by atoms with Gasteiger partial charge in [0.05, 0.1) is 18.8 Å². The largest absolute Gasteiger partial charge is 0.467 e. The zero-order valence-electron chi connectivity index (χ0n) is 10.4. The van der Waals surface area contributed by atoms with Gasteiger partial charge in [-0.3, -0.25) is 4.79 Å². The van der Waals surface area contributed by atoms with Gasteiger partial charge in [0.25, 0.3) is 0 Å². The number of nitrogens with two attached hydrogens (primary N) is 1. The van der Waals surface area contributed by atoms with Gasteiger partial charge >= 0.3 is 0 Å². The maximum absolute atomic E-state index is 12.3. The van der Waals surface area contributed by atoms with Crippen LogP contribution in [0.4, 0.5) is 0 Å². The summed E-state index contributed by atoms with van der Waals surface area (Å²) < 4.78 is 5.30. The van der Waals surface area contributed by atoms with Gasteiger partial charge in [-0.15, -0.1) is 0 Å². The van der Waals surface area contributed by atoms with Crippen molar-refractivity contribution in [1.29, 1.82) is 0 Å². The van der Waals surface area contributed by atoms with Gasteiger partial charge in [-0.1, -0.05) is 13.8 Å². The summed E-state index contributed by atoms with van der Waals surface area (Å²) in [6, 6.07) is 3.68. The average molecular weight is 236 g/mol.